The summed E-state index contributed by atoms with van der Waals surface area (Å²) in [5.74, 6) is 1.93. The SMILES string of the molecule is Cc1nc(-c2ccc(CNC(=O)[C@H]3CC(=O)N(c4ccc5c(c4)OCCO5)C3)o2)cs1. The van der Waals surface area contributed by atoms with Gasteiger partial charge in [0.05, 0.1) is 17.5 Å². The van der Waals surface area contributed by atoms with E-state index in [-0.39, 0.29) is 24.8 Å². The monoisotopic (exact) mass is 439 g/mol. The number of nitrogens with one attached hydrogen (secondary N) is 1. The summed E-state index contributed by atoms with van der Waals surface area (Å²) < 4.78 is 16.9. The number of benzene rings is 1. The molecule has 1 aromatic carbocycles. The number of carbonyl (C=O) groups is 2. The van der Waals surface area contributed by atoms with Gasteiger partial charge in [0.1, 0.15) is 24.7 Å². The molecule has 1 atom stereocenters. The molecule has 0 bridgehead atoms. The first-order valence-corrected chi connectivity index (χ1v) is 10.9. The molecule has 0 saturated carbocycles. The van der Waals surface area contributed by atoms with Gasteiger partial charge < -0.3 is 24.1 Å². The van der Waals surface area contributed by atoms with Gasteiger partial charge in [-0.15, -0.1) is 11.3 Å². The smallest absolute Gasteiger partial charge is 0.227 e. The van der Waals surface area contributed by atoms with Crippen molar-refractivity contribution in [2.45, 2.75) is 19.9 Å². The number of aromatic nitrogens is 1. The van der Waals surface area contributed by atoms with Crippen molar-refractivity contribution in [2.75, 3.05) is 24.7 Å². The predicted octanol–water partition coefficient (Wildman–Crippen LogP) is 3.15. The number of furan rings is 1. The van der Waals surface area contributed by atoms with Crippen LogP contribution in [0.4, 0.5) is 5.69 Å². The second kappa shape index (κ2) is 8.07. The maximum atomic E-state index is 12.7. The van der Waals surface area contributed by atoms with Crippen LogP contribution in [0.3, 0.4) is 0 Å². The Kier molecular flexibility index (Phi) is 5.11. The highest BCUT2D eigenvalue weighted by Crippen LogP contribution is 2.36. The van der Waals surface area contributed by atoms with E-state index < -0.39 is 5.92 Å². The summed E-state index contributed by atoms with van der Waals surface area (Å²) in [6.45, 7) is 3.52. The normalized spacial score (nSPS) is 17.8. The number of ether oxygens (including phenoxy) is 2. The molecular formula is C22H21N3O5S. The van der Waals surface area contributed by atoms with Gasteiger partial charge in [0.15, 0.2) is 17.3 Å². The maximum Gasteiger partial charge on any atom is 0.227 e. The lowest BCUT2D eigenvalue weighted by atomic mass is 10.1. The standard InChI is InChI=1S/C22H21N3O5S/c1-13-24-17(12-31-13)18-5-3-16(30-18)10-23-22(27)14-8-21(26)25(11-14)15-2-4-19-20(9-15)29-7-6-28-19/h2-5,9,12,14H,6-8,10-11H2,1H3,(H,23,27)/t14-/m0/s1. The van der Waals surface area contributed by atoms with Crippen LogP contribution < -0.4 is 19.7 Å². The van der Waals surface area contributed by atoms with Gasteiger partial charge >= 0.3 is 0 Å². The number of amides is 2. The van der Waals surface area contributed by atoms with Gasteiger partial charge in [0.2, 0.25) is 11.8 Å². The van der Waals surface area contributed by atoms with Crippen LogP contribution in [0.15, 0.2) is 40.1 Å². The van der Waals surface area contributed by atoms with Crippen LogP contribution in [0, 0.1) is 12.8 Å². The van der Waals surface area contributed by atoms with E-state index in [0.29, 0.717) is 48.5 Å². The van der Waals surface area contributed by atoms with Gasteiger partial charge in [-0.05, 0) is 31.2 Å². The highest BCUT2D eigenvalue weighted by molar-refractivity contribution is 7.09. The van der Waals surface area contributed by atoms with Gasteiger partial charge in [-0.2, -0.15) is 0 Å². The quantitative estimate of drug-likeness (QED) is 0.656. The molecule has 5 rings (SSSR count). The van der Waals surface area contributed by atoms with E-state index in [2.05, 4.69) is 10.3 Å². The number of nitrogens with zero attached hydrogens (tertiary/aromatic N) is 2. The van der Waals surface area contributed by atoms with Crippen molar-refractivity contribution in [1.29, 1.82) is 0 Å². The van der Waals surface area contributed by atoms with E-state index in [4.69, 9.17) is 13.9 Å². The molecule has 0 aliphatic carbocycles. The van der Waals surface area contributed by atoms with E-state index in [1.807, 2.05) is 30.5 Å². The number of thiazole rings is 1. The number of aryl methyl sites for hydroxylation is 1. The minimum absolute atomic E-state index is 0.0870. The Labute approximate surface area is 182 Å². The van der Waals surface area contributed by atoms with Crippen molar-refractivity contribution in [2.24, 2.45) is 5.92 Å². The van der Waals surface area contributed by atoms with Crippen LogP contribution in [-0.4, -0.2) is 36.6 Å². The van der Waals surface area contributed by atoms with Crippen LogP contribution in [-0.2, 0) is 16.1 Å². The first kappa shape index (κ1) is 19.6. The number of anilines is 1. The molecule has 160 valence electrons. The number of fused-ring (bicyclic) bond motifs is 1. The molecular weight excluding hydrogens is 418 g/mol. The molecule has 0 radical (unpaired) electrons. The lowest BCUT2D eigenvalue weighted by Gasteiger charge is -2.22. The van der Waals surface area contributed by atoms with Crippen LogP contribution in [0.25, 0.3) is 11.5 Å². The largest absolute Gasteiger partial charge is 0.486 e. The van der Waals surface area contributed by atoms with Crippen molar-refractivity contribution in [3.63, 3.8) is 0 Å². The summed E-state index contributed by atoms with van der Waals surface area (Å²) in [5.41, 5.74) is 1.50. The lowest BCUT2D eigenvalue weighted by Crippen LogP contribution is -2.32. The predicted molar refractivity (Wildman–Crippen MR) is 114 cm³/mol. The summed E-state index contributed by atoms with van der Waals surface area (Å²) >= 11 is 1.56. The van der Waals surface area contributed by atoms with Crippen molar-refractivity contribution >= 4 is 28.8 Å². The highest BCUT2D eigenvalue weighted by Gasteiger charge is 2.35. The van der Waals surface area contributed by atoms with Crippen LogP contribution in [0.1, 0.15) is 17.2 Å². The molecule has 4 heterocycles. The number of rotatable bonds is 5. The third kappa shape index (κ3) is 4.00. The average molecular weight is 439 g/mol. The van der Waals surface area contributed by atoms with E-state index in [9.17, 15) is 9.59 Å². The van der Waals surface area contributed by atoms with Gasteiger partial charge in [-0.3, -0.25) is 9.59 Å². The summed E-state index contributed by atoms with van der Waals surface area (Å²) in [6, 6.07) is 9.07. The fourth-order valence-electron chi connectivity index (χ4n) is 3.74. The van der Waals surface area contributed by atoms with E-state index >= 15 is 0 Å². The molecule has 2 aliphatic heterocycles. The molecule has 2 aromatic heterocycles. The molecule has 2 aliphatic rings. The Hall–Kier alpha value is -3.33. The average Bonchev–Trinajstić information content (AvgIpc) is 3.51. The van der Waals surface area contributed by atoms with Gasteiger partial charge in [0.25, 0.3) is 0 Å². The van der Waals surface area contributed by atoms with Crippen LogP contribution >= 0.6 is 11.3 Å². The zero-order valence-corrected chi connectivity index (χ0v) is 17.7. The Bertz CT molecular complexity index is 1140. The fourth-order valence-corrected chi connectivity index (χ4v) is 4.34. The summed E-state index contributed by atoms with van der Waals surface area (Å²) in [6.07, 6.45) is 0.168. The summed E-state index contributed by atoms with van der Waals surface area (Å²) in [4.78, 5) is 31.2. The second-order valence-corrected chi connectivity index (χ2v) is 8.53. The first-order chi connectivity index (χ1) is 15.1. The molecule has 1 fully saturated rings. The Morgan fingerprint density at radius 1 is 1.23 bits per heavy atom. The Morgan fingerprint density at radius 2 is 2.06 bits per heavy atom. The first-order valence-electron chi connectivity index (χ1n) is 10.1. The zero-order valence-electron chi connectivity index (χ0n) is 16.9. The number of hydrogen-bond donors (Lipinski definition) is 1. The van der Waals surface area contributed by atoms with E-state index in [1.165, 1.54) is 0 Å². The minimum Gasteiger partial charge on any atom is -0.486 e. The Balaban J connectivity index is 1.20. The van der Waals surface area contributed by atoms with Crippen LogP contribution in [0.2, 0.25) is 0 Å². The molecule has 3 aromatic rings. The lowest BCUT2D eigenvalue weighted by molar-refractivity contribution is -0.126. The summed E-state index contributed by atoms with van der Waals surface area (Å²) in [5, 5.41) is 5.78. The molecule has 8 nitrogen and oxygen atoms in total. The number of hydrogen-bond acceptors (Lipinski definition) is 7. The van der Waals surface area contributed by atoms with Crippen molar-refractivity contribution in [1.82, 2.24) is 10.3 Å². The van der Waals surface area contributed by atoms with Crippen molar-refractivity contribution < 1.29 is 23.5 Å². The van der Waals surface area contributed by atoms with E-state index in [0.717, 1.165) is 10.7 Å². The molecule has 9 heteroatoms. The maximum absolute atomic E-state index is 12.7. The zero-order chi connectivity index (χ0) is 21.4. The summed E-state index contributed by atoms with van der Waals surface area (Å²) in [7, 11) is 0. The second-order valence-electron chi connectivity index (χ2n) is 7.47. The topological polar surface area (TPSA) is 93.9 Å². The molecule has 2 amide bonds. The van der Waals surface area contributed by atoms with Crippen molar-refractivity contribution in [3.05, 3.63) is 46.5 Å². The van der Waals surface area contributed by atoms with Gasteiger partial charge in [0, 0.05) is 30.1 Å². The van der Waals surface area contributed by atoms with Gasteiger partial charge in [-0.25, -0.2) is 4.98 Å². The Morgan fingerprint density at radius 3 is 2.87 bits per heavy atom. The molecule has 31 heavy (non-hydrogen) atoms. The third-order valence-corrected chi connectivity index (χ3v) is 6.08. The molecule has 0 spiro atoms. The number of carbonyl (C=O) groups excluding carboxylic acids is 2. The van der Waals surface area contributed by atoms with Crippen molar-refractivity contribution in [3.8, 4) is 23.0 Å². The molecule has 1 N–H and O–H groups in total. The highest BCUT2D eigenvalue weighted by atomic mass is 32.1. The van der Waals surface area contributed by atoms with Gasteiger partial charge in [-0.1, -0.05) is 0 Å². The minimum atomic E-state index is -0.420. The third-order valence-electron chi connectivity index (χ3n) is 5.30. The molecule has 0 unspecified atom stereocenters. The van der Waals surface area contributed by atoms with E-state index in [1.54, 1.807) is 28.4 Å². The van der Waals surface area contributed by atoms with Crippen LogP contribution in [0.5, 0.6) is 11.5 Å². The molecule has 1 saturated heterocycles. The fraction of sp³-hybridized carbons (Fsp3) is 0.318.